The van der Waals surface area contributed by atoms with Gasteiger partial charge in [0.25, 0.3) is 5.56 Å². The highest BCUT2D eigenvalue weighted by Crippen LogP contribution is 2.41. The van der Waals surface area contributed by atoms with E-state index in [4.69, 9.17) is 14.2 Å². The van der Waals surface area contributed by atoms with Crippen LogP contribution in [0.4, 0.5) is 0 Å². The van der Waals surface area contributed by atoms with E-state index >= 15 is 0 Å². The minimum Gasteiger partial charge on any atom is -0.493 e. The molecule has 4 rings (SSSR count). The zero-order valence-corrected chi connectivity index (χ0v) is 14.9. The van der Waals surface area contributed by atoms with Gasteiger partial charge >= 0.3 is 0 Å². The number of benzene rings is 1. The predicted octanol–water partition coefficient (Wildman–Crippen LogP) is 1.01. The Kier molecular flexibility index (Phi) is 3.98. The predicted molar refractivity (Wildman–Crippen MR) is 93.1 cm³/mol. The first-order valence-electron chi connectivity index (χ1n) is 8.27. The van der Waals surface area contributed by atoms with Gasteiger partial charge < -0.3 is 18.8 Å². The average Bonchev–Trinajstić information content (AvgIpc) is 3.27. The number of fused-ring (bicyclic) bond motifs is 2. The quantitative estimate of drug-likeness (QED) is 0.673. The lowest BCUT2D eigenvalue weighted by molar-refractivity contribution is 0.326. The summed E-state index contributed by atoms with van der Waals surface area (Å²) in [5.74, 6) is 2.91. The van der Waals surface area contributed by atoms with Crippen molar-refractivity contribution in [2.24, 2.45) is 0 Å². The largest absolute Gasteiger partial charge is 0.493 e. The maximum atomic E-state index is 13.0. The van der Waals surface area contributed by atoms with E-state index in [0.717, 1.165) is 31.0 Å². The molecule has 136 valence electrons. The third-order valence-electron chi connectivity index (χ3n) is 4.62. The molecule has 0 aliphatic carbocycles. The second kappa shape index (κ2) is 6.32. The summed E-state index contributed by atoms with van der Waals surface area (Å²) in [5.41, 5.74) is 0.225. The third kappa shape index (κ3) is 2.39. The van der Waals surface area contributed by atoms with E-state index in [0.29, 0.717) is 34.7 Å². The summed E-state index contributed by atoms with van der Waals surface area (Å²) in [6.45, 7) is 1.19. The molecule has 3 heterocycles. The molecule has 1 aromatic carbocycles. The second-order valence-electron chi connectivity index (χ2n) is 6.01. The summed E-state index contributed by atoms with van der Waals surface area (Å²) in [7, 11) is 4.53. The molecule has 0 unspecified atom stereocenters. The summed E-state index contributed by atoms with van der Waals surface area (Å²) in [6, 6.07) is 1.62. The van der Waals surface area contributed by atoms with Crippen molar-refractivity contribution in [3.8, 4) is 17.2 Å². The fourth-order valence-corrected chi connectivity index (χ4v) is 3.36. The van der Waals surface area contributed by atoms with Gasteiger partial charge in [0, 0.05) is 13.0 Å². The molecule has 9 heteroatoms. The van der Waals surface area contributed by atoms with Gasteiger partial charge in [-0.25, -0.2) is 4.98 Å². The van der Waals surface area contributed by atoms with Gasteiger partial charge in [-0.3, -0.25) is 9.36 Å². The van der Waals surface area contributed by atoms with Gasteiger partial charge in [-0.05, 0) is 12.5 Å². The SMILES string of the molecule is COc1cc2c(=O)n(Cc3nnc4n3CCC4)cnc2c(OC)c1OC. The molecule has 1 aliphatic heterocycles. The molecular weight excluding hydrogens is 338 g/mol. The van der Waals surface area contributed by atoms with Crippen molar-refractivity contribution < 1.29 is 14.2 Å². The Morgan fingerprint density at radius 2 is 1.92 bits per heavy atom. The smallest absolute Gasteiger partial charge is 0.261 e. The number of methoxy groups -OCH3 is 3. The van der Waals surface area contributed by atoms with E-state index in [1.807, 2.05) is 0 Å². The molecule has 0 atom stereocenters. The highest BCUT2D eigenvalue weighted by Gasteiger charge is 2.21. The highest BCUT2D eigenvalue weighted by atomic mass is 16.5. The van der Waals surface area contributed by atoms with Gasteiger partial charge in [0.1, 0.15) is 11.3 Å². The Hall–Kier alpha value is -3.10. The number of nitrogens with zero attached hydrogens (tertiary/aromatic N) is 5. The lowest BCUT2D eigenvalue weighted by Crippen LogP contribution is -2.23. The van der Waals surface area contributed by atoms with Crippen molar-refractivity contribution in [2.75, 3.05) is 21.3 Å². The molecule has 1 aliphatic rings. The number of aromatic nitrogens is 5. The van der Waals surface area contributed by atoms with Gasteiger partial charge in [0.2, 0.25) is 5.75 Å². The molecule has 0 saturated carbocycles. The summed E-state index contributed by atoms with van der Waals surface area (Å²) < 4.78 is 19.7. The Labute approximate surface area is 149 Å². The fraction of sp³-hybridized carbons (Fsp3) is 0.412. The standard InChI is InChI=1S/C17H19N5O4/c1-24-11-7-10-14(16(26-3)15(11)25-2)18-9-21(17(10)23)8-13-20-19-12-5-4-6-22(12)13/h7,9H,4-6,8H2,1-3H3. The van der Waals surface area contributed by atoms with Crippen LogP contribution in [0.15, 0.2) is 17.2 Å². The molecule has 0 N–H and O–H groups in total. The topological polar surface area (TPSA) is 93.3 Å². The van der Waals surface area contributed by atoms with E-state index in [-0.39, 0.29) is 5.56 Å². The van der Waals surface area contributed by atoms with Crippen LogP contribution >= 0.6 is 0 Å². The molecule has 0 spiro atoms. The van der Waals surface area contributed by atoms with Crippen LogP contribution in [-0.4, -0.2) is 45.6 Å². The minimum atomic E-state index is -0.204. The first-order chi connectivity index (χ1) is 12.7. The zero-order valence-electron chi connectivity index (χ0n) is 14.9. The Morgan fingerprint density at radius 1 is 1.12 bits per heavy atom. The van der Waals surface area contributed by atoms with E-state index < -0.39 is 0 Å². The van der Waals surface area contributed by atoms with Crippen LogP contribution in [0, 0.1) is 0 Å². The molecule has 0 saturated heterocycles. The van der Waals surface area contributed by atoms with Crippen LogP contribution in [0.2, 0.25) is 0 Å². The number of aryl methyl sites for hydroxylation is 1. The summed E-state index contributed by atoms with van der Waals surface area (Å²) >= 11 is 0. The first-order valence-corrected chi connectivity index (χ1v) is 8.27. The van der Waals surface area contributed by atoms with Crippen molar-refractivity contribution in [2.45, 2.75) is 25.9 Å². The van der Waals surface area contributed by atoms with Crippen LogP contribution in [0.25, 0.3) is 10.9 Å². The maximum Gasteiger partial charge on any atom is 0.261 e. The summed E-state index contributed by atoms with van der Waals surface area (Å²) in [5, 5.41) is 8.78. The van der Waals surface area contributed by atoms with E-state index in [1.54, 1.807) is 6.07 Å². The highest BCUT2D eigenvalue weighted by molar-refractivity contribution is 5.89. The number of hydrogen-bond donors (Lipinski definition) is 0. The molecule has 0 amide bonds. The summed E-state index contributed by atoms with van der Waals surface area (Å²) in [6.07, 6.45) is 3.47. The fourth-order valence-electron chi connectivity index (χ4n) is 3.36. The monoisotopic (exact) mass is 357 g/mol. The molecule has 3 aromatic rings. The second-order valence-corrected chi connectivity index (χ2v) is 6.01. The van der Waals surface area contributed by atoms with Crippen LogP contribution in [0.5, 0.6) is 17.2 Å². The first kappa shape index (κ1) is 16.4. The van der Waals surface area contributed by atoms with Crippen molar-refractivity contribution in [3.05, 3.63) is 34.4 Å². The van der Waals surface area contributed by atoms with Gasteiger partial charge in [-0.2, -0.15) is 0 Å². The molecule has 26 heavy (non-hydrogen) atoms. The Morgan fingerprint density at radius 3 is 2.65 bits per heavy atom. The van der Waals surface area contributed by atoms with E-state index in [1.165, 1.54) is 32.2 Å². The van der Waals surface area contributed by atoms with Crippen LogP contribution < -0.4 is 19.8 Å². The van der Waals surface area contributed by atoms with Gasteiger partial charge in [-0.1, -0.05) is 0 Å². The average molecular weight is 357 g/mol. The minimum absolute atomic E-state index is 0.204. The zero-order chi connectivity index (χ0) is 18.3. The van der Waals surface area contributed by atoms with Crippen LogP contribution in [-0.2, 0) is 19.5 Å². The lowest BCUT2D eigenvalue weighted by atomic mass is 10.2. The van der Waals surface area contributed by atoms with Crippen LogP contribution in [0.3, 0.4) is 0 Å². The maximum absolute atomic E-state index is 13.0. The van der Waals surface area contributed by atoms with Crippen molar-refractivity contribution in [3.63, 3.8) is 0 Å². The normalized spacial score (nSPS) is 13.0. The Balaban J connectivity index is 1.85. The van der Waals surface area contributed by atoms with E-state index in [2.05, 4.69) is 19.7 Å². The van der Waals surface area contributed by atoms with E-state index in [9.17, 15) is 4.79 Å². The number of rotatable bonds is 5. The molecule has 0 bridgehead atoms. The molecular formula is C17H19N5O4. The molecule has 9 nitrogen and oxygen atoms in total. The Bertz CT molecular complexity index is 1040. The van der Waals surface area contributed by atoms with Gasteiger partial charge in [0.05, 0.1) is 39.6 Å². The third-order valence-corrected chi connectivity index (χ3v) is 4.62. The lowest BCUT2D eigenvalue weighted by Gasteiger charge is -2.14. The molecule has 2 aromatic heterocycles. The molecule has 0 fully saturated rings. The molecule has 0 radical (unpaired) electrons. The van der Waals surface area contributed by atoms with Crippen LogP contribution in [0.1, 0.15) is 18.1 Å². The van der Waals surface area contributed by atoms with Gasteiger partial charge in [-0.15, -0.1) is 10.2 Å². The van der Waals surface area contributed by atoms with Crippen molar-refractivity contribution in [1.82, 2.24) is 24.3 Å². The number of ether oxygens (including phenoxy) is 3. The van der Waals surface area contributed by atoms with Crippen molar-refractivity contribution in [1.29, 1.82) is 0 Å². The summed E-state index contributed by atoms with van der Waals surface area (Å²) in [4.78, 5) is 17.4. The number of hydrogen-bond acceptors (Lipinski definition) is 7. The van der Waals surface area contributed by atoms with Crippen molar-refractivity contribution >= 4 is 10.9 Å². The van der Waals surface area contributed by atoms with Gasteiger partial charge in [0.15, 0.2) is 17.3 Å².